The fourth-order valence-corrected chi connectivity index (χ4v) is 2.07. The molecule has 96 valence electrons. The number of aromatic hydroxyl groups is 1. The van der Waals surface area contributed by atoms with E-state index in [-0.39, 0.29) is 0 Å². The Kier molecular flexibility index (Phi) is 6.06. The molecule has 0 spiro atoms. The van der Waals surface area contributed by atoms with Crippen LogP contribution >= 0.6 is 0 Å². The maximum Gasteiger partial charge on any atom is 0.118 e. The molecule has 0 radical (unpaired) electrons. The number of hydrogen-bond donors (Lipinski definition) is 1. The molecule has 0 aliphatic carbocycles. The number of hydrogen-bond acceptors (Lipinski definition) is 2. The third kappa shape index (κ3) is 4.78. The Bertz CT molecular complexity index is 330. The van der Waals surface area contributed by atoms with Crippen LogP contribution in [0, 0.1) is 6.92 Å². The van der Waals surface area contributed by atoms with E-state index in [0.717, 1.165) is 18.5 Å². The van der Waals surface area contributed by atoms with E-state index in [1.165, 1.54) is 31.5 Å². The van der Waals surface area contributed by atoms with Crippen LogP contribution in [0.1, 0.15) is 37.8 Å². The van der Waals surface area contributed by atoms with Gasteiger partial charge in [-0.1, -0.05) is 26.0 Å². The molecule has 2 nitrogen and oxygen atoms in total. The molecule has 1 aromatic carbocycles. The minimum Gasteiger partial charge on any atom is -0.508 e. The minimum absolute atomic E-state index is 0.417. The van der Waals surface area contributed by atoms with E-state index in [1.807, 2.05) is 19.1 Å². The summed E-state index contributed by atoms with van der Waals surface area (Å²) < 4.78 is 0. The maximum atomic E-state index is 9.66. The first-order valence-electron chi connectivity index (χ1n) is 6.68. The predicted molar refractivity (Wildman–Crippen MR) is 73.6 cm³/mol. The van der Waals surface area contributed by atoms with Crippen LogP contribution in [-0.4, -0.2) is 29.6 Å². The number of rotatable bonds is 7. The zero-order chi connectivity index (χ0) is 12.7. The maximum absolute atomic E-state index is 9.66. The molecule has 0 unspecified atom stereocenters. The van der Waals surface area contributed by atoms with E-state index in [2.05, 4.69) is 24.8 Å². The summed E-state index contributed by atoms with van der Waals surface area (Å²) in [5.41, 5.74) is 2.18. The molecule has 0 aliphatic rings. The lowest BCUT2D eigenvalue weighted by Crippen LogP contribution is -2.27. The van der Waals surface area contributed by atoms with Crippen LogP contribution in [0.2, 0.25) is 0 Å². The van der Waals surface area contributed by atoms with E-state index in [9.17, 15) is 5.11 Å². The Labute approximate surface area is 105 Å². The summed E-state index contributed by atoms with van der Waals surface area (Å²) in [7, 11) is 0. The standard InChI is InChI=1S/C15H25NO/c1-4-9-16(10-5-2)11-8-14-7-6-13(3)15(17)12-14/h6-7,12,17H,4-5,8-11H2,1-3H3. The van der Waals surface area contributed by atoms with Gasteiger partial charge in [-0.15, -0.1) is 0 Å². The van der Waals surface area contributed by atoms with Gasteiger partial charge < -0.3 is 10.0 Å². The minimum atomic E-state index is 0.417. The fraction of sp³-hybridized carbons (Fsp3) is 0.600. The molecule has 1 N–H and O–H groups in total. The van der Waals surface area contributed by atoms with Crippen molar-refractivity contribution in [1.82, 2.24) is 4.90 Å². The number of phenols is 1. The average molecular weight is 235 g/mol. The average Bonchev–Trinajstić information content (AvgIpc) is 2.31. The van der Waals surface area contributed by atoms with Gasteiger partial charge in [0.05, 0.1) is 0 Å². The molecule has 1 rings (SSSR count). The molecule has 1 aromatic rings. The summed E-state index contributed by atoms with van der Waals surface area (Å²) in [6, 6.07) is 6.01. The molecule has 0 aliphatic heterocycles. The topological polar surface area (TPSA) is 23.5 Å². The highest BCUT2D eigenvalue weighted by atomic mass is 16.3. The van der Waals surface area contributed by atoms with E-state index in [4.69, 9.17) is 0 Å². The number of phenolic OH excluding ortho intramolecular Hbond substituents is 1. The molecular weight excluding hydrogens is 210 g/mol. The van der Waals surface area contributed by atoms with Crippen LogP contribution in [0.5, 0.6) is 5.75 Å². The summed E-state index contributed by atoms with van der Waals surface area (Å²) in [6.07, 6.45) is 3.44. The van der Waals surface area contributed by atoms with Crippen LogP contribution in [-0.2, 0) is 6.42 Å². The molecule has 0 aromatic heterocycles. The normalized spacial score (nSPS) is 11.1. The molecular formula is C15H25NO. The molecule has 2 heteroatoms. The molecule has 0 saturated heterocycles. The van der Waals surface area contributed by atoms with Crippen molar-refractivity contribution in [2.24, 2.45) is 0 Å². The molecule has 0 bridgehead atoms. The van der Waals surface area contributed by atoms with Gasteiger partial charge in [0.25, 0.3) is 0 Å². The Morgan fingerprint density at radius 2 is 1.71 bits per heavy atom. The molecule has 0 amide bonds. The van der Waals surface area contributed by atoms with Crippen molar-refractivity contribution < 1.29 is 5.11 Å². The lowest BCUT2D eigenvalue weighted by atomic mass is 10.1. The van der Waals surface area contributed by atoms with Gasteiger partial charge in [0.1, 0.15) is 5.75 Å². The second-order valence-electron chi connectivity index (χ2n) is 4.71. The Morgan fingerprint density at radius 3 is 2.24 bits per heavy atom. The van der Waals surface area contributed by atoms with Crippen LogP contribution < -0.4 is 0 Å². The number of aryl methyl sites for hydroxylation is 1. The summed E-state index contributed by atoms with van der Waals surface area (Å²) >= 11 is 0. The predicted octanol–water partition coefficient (Wildman–Crippen LogP) is 3.37. The van der Waals surface area contributed by atoms with Gasteiger partial charge in [-0.25, -0.2) is 0 Å². The fourth-order valence-electron chi connectivity index (χ4n) is 2.07. The van der Waals surface area contributed by atoms with Crippen molar-refractivity contribution in [1.29, 1.82) is 0 Å². The van der Waals surface area contributed by atoms with Crippen LogP contribution in [0.3, 0.4) is 0 Å². The summed E-state index contributed by atoms with van der Waals surface area (Å²) in [4.78, 5) is 2.50. The summed E-state index contributed by atoms with van der Waals surface area (Å²) in [5, 5.41) is 9.66. The van der Waals surface area contributed by atoms with E-state index in [0.29, 0.717) is 5.75 Å². The van der Waals surface area contributed by atoms with Gasteiger partial charge in [-0.3, -0.25) is 0 Å². The van der Waals surface area contributed by atoms with Crippen molar-refractivity contribution in [2.75, 3.05) is 19.6 Å². The second kappa shape index (κ2) is 7.33. The van der Waals surface area contributed by atoms with Gasteiger partial charge in [0.2, 0.25) is 0 Å². The van der Waals surface area contributed by atoms with E-state index < -0.39 is 0 Å². The summed E-state index contributed by atoms with van der Waals surface area (Å²) in [6.45, 7) is 9.81. The zero-order valence-electron chi connectivity index (χ0n) is 11.4. The Hall–Kier alpha value is -1.02. The number of benzene rings is 1. The van der Waals surface area contributed by atoms with Gasteiger partial charge in [-0.05, 0) is 56.5 Å². The van der Waals surface area contributed by atoms with Crippen molar-refractivity contribution in [3.63, 3.8) is 0 Å². The third-order valence-corrected chi connectivity index (χ3v) is 3.07. The molecule has 0 fully saturated rings. The zero-order valence-corrected chi connectivity index (χ0v) is 11.4. The van der Waals surface area contributed by atoms with Crippen molar-refractivity contribution in [3.05, 3.63) is 29.3 Å². The molecule has 0 heterocycles. The molecule has 0 saturated carbocycles. The summed E-state index contributed by atoms with van der Waals surface area (Å²) in [5.74, 6) is 0.417. The van der Waals surface area contributed by atoms with Crippen molar-refractivity contribution in [2.45, 2.75) is 40.0 Å². The number of nitrogens with zero attached hydrogens (tertiary/aromatic N) is 1. The Balaban J connectivity index is 2.49. The largest absolute Gasteiger partial charge is 0.508 e. The molecule has 17 heavy (non-hydrogen) atoms. The third-order valence-electron chi connectivity index (χ3n) is 3.07. The van der Waals surface area contributed by atoms with Gasteiger partial charge >= 0.3 is 0 Å². The highest BCUT2D eigenvalue weighted by molar-refractivity contribution is 5.35. The van der Waals surface area contributed by atoms with Crippen LogP contribution in [0.25, 0.3) is 0 Å². The highest BCUT2D eigenvalue weighted by Crippen LogP contribution is 2.17. The second-order valence-corrected chi connectivity index (χ2v) is 4.71. The quantitative estimate of drug-likeness (QED) is 0.783. The van der Waals surface area contributed by atoms with Crippen molar-refractivity contribution >= 4 is 0 Å². The lowest BCUT2D eigenvalue weighted by Gasteiger charge is -2.20. The van der Waals surface area contributed by atoms with Crippen LogP contribution in [0.4, 0.5) is 0 Å². The van der Waals surface area contributed by atoms with E-state index >= 15 is 0 Å². The first-order valence-corrected chi connectivity index (χ1v) is 6.68. The van der Waals surface area contributed by atoms with Gasteiger partial charge in [-0.2, -0.15) is 0 Å². The SMILES string of the molecule is CCCN(CCC)CCc1ccc(C)c(O)c1. The van der Waals surface area contributed by atoms with Gasteiger partial charge in [0, 0.05) is 6.54 Å². The molecule has 0 atom stereocenters. The smallest absolute Gasteiger partial charge is 0.118 e. The monoisotopic (exact) mass is 235 g/mol. The van der Waals surface area contributed by atoms with E-state index in [1.54, 1.807) is 0 Å². The van der Waals surface area contributed by atoms with Gasteiger partial charge in [0.15, 0.2) is 0 Å². The first kappa shape index (κ1) is 14.0. The van der Waals surface area contributed by atoms with Crippen LogP contribution in [0.15, 0.2) is 18.2 Å². The van der Waals surface area contributed by atoms with Crippen molar-refractivity contribution in [3.8, 4) is 5.75 Å². The Morgan fingerprint density at radius 1 is 1.06 bits per heavy atom. The highest BCUT2D eigenvalue weighted by Gasteiger charge is 2.04. The lowest BCUT2D eigenvalue weighted by molar-refractivity contribution is 0.278. The first-order chi connectivity index (χ1) is 8.17.